The Morgan fingerprint density at radius 3 is 2.65 bits per heavy atom. The summed E-state index contributed by atoms with van der Waals surface area (Å²) in [4.78, 5) is 29.3. The number of rotatable bonds is 5. The van der Waals surface area contributed by atoms with Gasteiger partial charge < -0.3 is 15.4 Å². The first-order valence-corrected chi connectivity index (χ1v) is 10.8. The zero-order valence-electron chi connectivity index (χ0n) is 16.5. The van der Waals surface area contributed by atoms with Crippen molar-refractivity contribution < 1.29 is 14.3 Å². The lowest BCUT2D eigenvalue weighted by molar-refractivity contribution is -0.128. The highest BCUT2D eigenvalue weighted by Gasteiger charge is 2.29. The van der Waals surface area contributed by atoms with E-state index in [1.165, 1.54) is 4.70 Å². The maximum atomic E-state index is 12.4. The predicted octanol–water partition coefficient (Wildman–Crippen LogP) is 4.62. The van der Waals surface area contributed by atoms with E-state index in [9.17, 15) is 9.59 Å². The predicted molar refractivity (Wildman–Crippen MR) is 122 cm³/mol. The molecule has 1 atom stereocenters. The molecule has 1 aliphatic rings. The van der Waals surface area contributed by atoms with Crippen molar-refractivity contribution in [1.82, 2.24) is 4.98 Å². The Kier molecular flexibility index (Phi) is 5.09. The molecule has 2 amide bonds. The zero-order valence-corrected chi connectivity index (χ0v) is 17.3. The van der Waals surface area contributed by atoms with Crippen LogP contribution in [-0.4, -0.2) is 22.9 Å². The molecule has 2 N–H and O–H groups in total. The topological polar surface area (TPSA) is 80.3 Å². The SMILES string of the molecule is O=C(C[C@@H]1Oc2ccccc2NC1=O)Nc1ccc(Cc2nc3ccccc3s2)cc1. The molecule has 0 spiro atoms. The fourth-order valence-corrected chi connectivity index (χ4v) is 4.49. The van der Waals surface area contributed by atoms with Gasteiger partial charge in [-0.1, -0.05) is 36.4 Å². The average Bonchev–Trinajstić information content (AvgIpc) is 3.18. The van der Waals surface area contributed by atoms with Crippen LogP contribution in [0.3, 0.4) is 0 Å². The summed E-state index contributed by atoms with van der Waals surface area (Å²) in [7, 11) is 0. The molecule has 1 aliphatic heterocycles. The molecule has 154 valence electrons. The standard InChI is InChI=1S/C24H19N3O3S/c28-22(14-20-24(29)27-17-5-1-3-7-19(17)30-20)25-16-11-9-15(10-12-16)13-23-26-18-6-2-4-8-21(18)31-23/h1-12,20H,13-14H2,(H,25,28)(H,27,29)/t20-/m0/s1. The fraction of sp³-hybridized carbons (Fsp3) is 0.125. The van der Waals surface area contributed by atoms with E-state index in [-0.39, 0.29) is 18.2 Å². The monoisotopic (exact) mass is 429 g/mol. The average molecular weight is 430 g/mol. The molecule has 31 heavy (non-hydrogen) atoms. The molecular weight excluding hydrogens is 410 g/mol. The molecule has 5 rings (SSSR count). The lowest BCUT2D eigenvalue weighted by Gasteiger charge is -2.25. The van der Waals surface area contributed by atoms with Gasteiger partial charge in [-0.3, -0.25) is 9.59 Å². The zero-order chi connectivity index (χ0) is 21.2. The first-order chi connectivity index (χ1) is 15.1. The van der Waals surface area contributed by atoms with Gasteiger partial charge in [0.2, 0.25) is 5.91 Å². The van der Waals surface area contributed by atoms with Crippen LogP contribution in [0.25, 0.3) is 10.2 Å². The van der Waals surface area contributed by atoms with Crippen molar-refractivity contribution in [3.63, 3.8) is 0 Å². The van der Waals surface area contributed by atoms with Crippen molar-refractivity contribution in [2.75, 3.05) is 10.6 Å². The van der Waals surface area contributed by atoms with E-state index in [1.807, 2.05) is 54.6 Å². The van der Waals surface area contributed by atoms with Crippen LogP contribution in [0, 0.1) is 0 Å². The quantitative estimate of drug-likeness (QED) is 0.485. The van der Waals surface area contributed by atoms with Gasteiger partial charge in [0.25, 0.3) is 5.91 Å². The molecule has 6 nitrogen and oxygen atoms in total. The molecule has 0 bridgehead atoms. The number of aromatic nitrogens is 1. The highest BCUT2D eigenvalue weighted by atomic mass is 32.1. The number of hydrogen-bond donors (Lipinski definition) is 2. The number of carbonyl (C=O) groups excluding carboxylic acids is 2. The molecule has 0 unspecified atom stereocenters. The summed E-state index contributed by atoms with van der Waals surface area (Å²) >= 11 is 1.69. The summed E-state index contributed by atoms with van der Waals surface area (Å²) in [5.41, 5.74) is 3.43. The largest absolute Gasteiger partial charge is 0.478 e. The number of anilines is 2. The number of hydrogen-bond acceptors (Lipinski definition) is 5. The number of ether oxygens (including phenoxy) is 1. The van der Waals surface area contributed by atoms with Crippen LogP contribution in [0.4, 0.5) is 11.4 Å². The minimum Gasteiger partial charge on any atom is -0.478 e. The molecule has 7 heteroatoms. The number of nitrogens with zero attached hydrogens (tertiary/aromatic N) is 1. The van der Waals surface area contributed by atoms with Crippen molar-refractivity contribution >= 4 is 44.7 Å². The number of benzene rings is 3. The van der Waals surface area contributed by atoms with Gasteiger partial charge in [-0.05, 0) is 42.0 Å². The lowest BCUT2D eigenvalue weighted by Crippen LogP contribution is -2.39. The Hall–Kier alpha value is -3.71. The van der Waals surface area contributed by atoms with Gasteiger partial charge in [0.05, 0.1) is 27.3 Å². The smallest absolute Gasteiger partial charge is 0.266 e. The van der Waals surface area contributed by atoms with E-state index in [1.54, 1.807) is 23.5 Å². The lowest BCUT2D eigenvalue weighted by atomic mass is 10.1. The molecule has 4 aromatic rings. The van der Waals surface area contributed by atoms with Gasteiger partial charge in [0, 0.05) is 12.1 Å². The number of fused-ring (bicyclic) bond motifs is 2. The van der Waals surface area contributed by atoms with E-state index >= 15 is 0 Å². The third kappa shape index (κ3) is 4.27. The second-order valence-corrected chi connectivity index (χ2v) is 8.41. The van der Waals surface area contributed by atoms with E-state index < -0.39 is 6.10 Å². The summed E-state index contributed by atoms with van der Waals surface area (Å²) in [6.45, 7) is 0. The second kappa shape index (κ2) is 8.20. The van der Waals surface area contributed by atoms with Crippen molar-refractivity contribution in [3.8, 4) is 5.75 Å². The molecule has 0 radical (unpaired) electrons. The van der Waals surface area contributed by atoms with E-state index in [0.717, 1.165) is 22.5 Å². The highest BCUT2D eigenvalue weighted by molar-refractivity contribution is 7.18. The summed E-state index contributed by atoms with van der Waals surface area (Å²) in [5, 5.41) is 6.66. The van der Waals surface area contributed by atoms with Gasteiger partial charge >= 0.3 is 0 Å². The molecule has 0 aliphatic carbocycles. The van der Waals surface area contributed by atoms with Gasteiger partial charge in [-0.25, -0.2) is 4.98 Å². The summed E-state index contributed by atoms with van der Waals surface area (Å²) in [6, 6.07) is 22.9. The minimum absolute atomic E-state index is 0.0619. The molecule has 0 saturated carbocycles. The Morgan fingerprint density at radius 2 is 1.81 bits per heavy atom. The molecule has 2 heterocycles. The number of carbonyl (C=O) groups is 2. The van der Waals surface area contributed by atoms with Crippen LogP contribution in [0.5, 0.6) is 5.75 Å². The summed E-state index contributed by atoms with van der Waals surface area (Å²) < 4.78 is 6.86. The van der Waals surface area contributed by atoms with Crippen LogP contribution in [0.15, 0.2) is 72.8 Å². The third-order valence-corrected chi connectivity index (χ3v) is 6.04. The molecule has 0 fully saturated rings. The molecule has 1 aromatic heterocycles. The normalized spacial score (nSPS) is 15.1. The minimum atomic E-state index is -0.854. The molecular formula is C24H19N3O3S. The van der Waals surface area contributed by atoms with Gasteiger partial charge in [0.1, 0.15) is 5.75 Å². The summed E-state index contributed by atoms with van der Waals surface area (Å²) in [5.74, 6) is -0.0300. The van der Waals surface area contributed by atoms with E-state index in [2.05, 4.69) is 21.7 Å². The van der Waals surface area contributed by atoms with Gasteiger partial charge in [0.15, 0.2) is 6.10 Å². The number of amides is 2. The van der Waals surface area contributed by atoms with E-state index in [0.29, 0.717) is 17.1 Å². The fourth-order valence-electron chi connectivity index (χ4n) is 3.48. The first-order valence-electron chi connectivity index (χ1n) is 9.94. The first kappa shape index (κ1) is 19.3. The Bertz CT molecular complexity index is 1230. The Morgan fingerprint density at radius 1 is 1.03 bits per heavy atom. The van der Waals surface area contributed by atoms with Crippen molar-refractivity contribution in [2.45, 2.75) is 18.9 Å². The Balaban J connectivity index is 1.19. The summed E-state index contributed by atoms with van der Waals surface area (Å²) in [6.07, 6.45) is -0.176. The van der Waals surface area contributed by atoms with Crippen molar-refractivity contribution in [1.29, 1.82) is 0 Å². The maximum Gasteiger partial charge on any atom is 0.266 e. The number of para-hydroxylation sites is 3. The Labute approximate surface area is 182 Å². The molecule has 0 saturated heterocycles. The second-order valence-electron chi connectivity index (χ2n) is 7.29. The van der Waals surface area contributed by atoms with Crippen molar-refractivity contribution in [2.24, 2.45) is 0 Å². The van der Waals surface area contributed by atoms with Crippen LogP contribution in [-0.2, 0) is 16.0 Å². The number of nitrogens with one attached hydrogen (secondary N) is 2. The van der Waals surface area contributed by atoms with Gasteiger partial charge in [-0.15, -0.1) is 11.3 Å². The van der Waals surface area contributed by atoms with Crippen LogP contribution < -0.4 is 15.4 Å². The van der Waals surface area contributed by atoms with Crippen molar-refractivity contribution in [3.05, 3.63) is 83.4 Å². The molecule has 3 aromatic carbocycles. The maximum absolute atomic E-state index is 12.4. The van der Waals surface area contributed by atoms with E-state index in [4.69, 9.17) is 4.74 Å². The third-order valence-electron chi connectivity index (χ3n) is 5.01. The van der Waals surface area contributed by atoms with Crippen LogP contribution >= 0.6 is 11.3 Å². The number of thiazole rings is 1. The van der Waals surface area contributed by atoms with Crippen LogP contribution in [0.1, 0.15) is 17.0 Å². The van der Waals surface area contributed by atoms with Gasteiger partial charge in [-0.2, -0.15) is 0 Å². The van der Waals surface area contributed by atoms with Crippen LogP contribution in [0.2, 0.25) is 0 Å². The highest BCUT2D eigenvalue weighted by Crippen LogP contribution is 2.30.